The Morgan fingerprint density at radius 2 is 1.95 bits per heavy atom. The summed E-state index contributed by atoms with van der Waals surface area (Å²) in [7, 11) is 0. The van der Waals surface area contributed by atoms with Gasteiger partial charge in [-0.05, 0) is 56.5 Å². The highest BCUT2D eigenvalue weighted by atomic mass is 16.5. The summed E-state index contributed by atoms with van der Waals surface area (Å²) in [6.07, 6.45) is 1.86. The van der Waals surface area contributed by atoms with Gasteiger partial charge >= 0.3 is 0 Å². The topological polar surface area (TPSA) is 34.1 Å². The summed E-state index contributed by atoms with van der Waals surface area (Å²) in [5, 5.41) is 3.18. The van der Waals surface area contributed by atoms with Gasteiger partial charge in [-0.25, -0.2) is 4.98 Å². The average Bonchev–Trinajstić information content (AvgIpc) is 2.43. The molecule has 0 atom stereocenters. The molecule has 0 aliphatic heterocycles. The van der Waals surface area contributed by atoms with E-state index in [2.05, 4.69) is 50.1 Å². The average molecular weight is 270 g/mol. The Hall–Kier alpha value is -2.03. The third kappa shape index (κ3) is 3.50. The number of aromatic nitrogens is 1. The van der Waals surface area contributed by atoms with Gasteiger partial charge in [0.2, 0.25) is 0 Å². The molecule has 1 aromatic heterocycles. The van der Waals surface area contributed by atoms with Crippen LogP contribution in [0.3, 0.4) is 0 Å². The van der Waals surface area contributed by atoms with Gasteiger partial charge in [-0.2, -0.15) is 0 Å². The van der Waals surface area contributed by atoms with Gasteiger partial charge in [-0.1, -0.05) is 12.1 Å². The third-order valence-electron chi connectivity index (χ3n) is 3.34. The largest absolute Gasteiger partial charge is 0.489 e. The van der Waals surface area contributed by atoms with Crippen LogP contribution in [0, 0.1) is 20.8 Å². The zero-order valence-electron chi connectivity index (χ0n) is 12.7. The summed E-state index contributed by atoms with van der Waals surface area (Å²) in [6.45, 7) is 9.78. The van der Waals surface area contributed by atoms with Gasteiger partial charge in [0.05, 0.1) is 0 Å². The molecule has 0 spiro atoms. The number of pyridine rings is 1. The van der Waals surface area contributed by atoms with Gasteiger partial charge in [0.25, 0.3) is 0 Å². The second-order valence-corrected chi connectivity index (χ2v) is 5.08. The normalized spacial score (nSPS) is 10.4. The minimum Gasteiger partial charge on any atom is -0.489 e. The van der Waals surface area contributed by atoms with E-state index in [1.54, 1.807) is 0 Å². The number of nitrogens with zero attached hydrogens (tertiary/aromatic N) is 1. The van der Waals surface area contributed by atoms with Gasteiger partial charge in [-0.3, -0.25) is 0 Å². The SMILES string of the molecule is CCNc1ccc(COc2cc(C)cc(C)c2C)cn1. The number of hydrogen-bond acceptors (Lipinski definition) is 3. The van der Waals surface area contributed by atoms with Crippen molar-refractivity contribution in [1.82, 2.24) is 4.98 Å². The number of ether oxygens (including phenoxy) is 1. The number of nitrogens with one attached hydrogen (secondary N) is 1. The Morgan fingerprint density at radius 3 is 2.60 bits per heavy atom. The summed E-state index contributed by atoms with van der Waals surface area (Å²) >= 11 is 0. The minimum absolute atomic E-state index is 0.545. The van der Waals surface area contributed by atoms with Crippen LogP contribution in [0.5, 0.6) is 5.75 Å². The summed E-state index contributed by atoms with van der Waals surface area (Å²) in [5.74, 6) is 1.86. The summed E-state index contributed by atoms with van der Waals surface area (Å²) in [6, 6.07) is 8.29. The first-order valence-electron chi connectivity index (χ1n) is 6.99. The van der Waals surface area contributed by atoms with Gasteiger partial charge < -0.3 is 10.1 Å². The van der Waals surface area contributed by atoms with Crippen LogP contribution in [-0.4, -0.2) is 11.5 Å². The van der Waals surface area contributed by atoms with Gasteiger partial charge in [0.15, 0.2) is 0 Å². The lowest BCUT2D eigenvalue weighted by Gasteiger charge is -2.12. The van der Waals surface area contributed by atoms with Crippen molar-refractivity contribution in [3.63, 3.8) is 0 Å². The molecule has 2 aromatic rings. The number of benzene rings is 1. The molecule has 20 heavy (non-hydrogen) atoms. The van der Waals surface area contributed by atoms with Crippen molar-refractivity contribution in [1.29, 1.82) is 0 Å². The van der Waals surface area contributed by atoms with E-state index < -0.39 is 0 Å². The summed E-state index contributed by atoms with van der Waals surface area (Å²) < 4.78 is 5.92. The van der Waals surface area contributed by atoms with E-state index in [1.807, 2.05) is 18.3 Å². The molecule has 3 nitrogen and oxygen atoms in total. The molecule has 1 heterocycles. The van der Waals surface area contributed by atoms with Crippen LogP contribution in [0.15, 0.2) is 30.5 Å². The molecule has 0 saturated heterocycles. The molecule has 0 aliphatic rings. The molecule has 0 bridgehead atoms. The monoisotopic (exact) mass is 270 g/mol. The van der Waals surface area contributed by atoms with E-state index in [0.717, 1.165) is 23.7 Å². The van der Waals surface area contributed by atoms with E-state index in [0.29, 0.717) is 6.61 Å². The first-order valence-corrected chi connectivity index (χ1v) is 6.99. The van der Waals surface area contributed by atoms with Crippen molar-refractivity contribution in [3.8, 4) is 5.75 Å². The molecule has 0 amide bonds. The summed E-state index contributed by atoms with van der Waals surface area (Å²) in [4.78, 5) is 4.35. The fourth-order valence-electron chi connectivity index (χ4n) is 2.11. The van der Waals surface area contributed by atoms with E-state index in [1.165, 1.54) is 16.7 Å². The molecular weight excluding hydrogens is 248 g/mol. The Labute approximate surface area is 121 Å². The highest BCUT2D eigenvalue weighted by Crippen LogP contribution is 2.24. The van der Waals surface area contributed by atoms with Crippen LogP contribution in [-0.2, 0) is 6.61 Å². The van der Waals surface area contributed by atoms with Crippen molar-refractivity contribution in [2.24, 2.45) is 0 Å². The van der Waals surface area contributed by atoms with Crippen LogP contribution in [0.1, 0.15) is 29.2 Å². The number of hydrogen-bond donors (Lipinski definition) is 1. The van der Waals surface area contributed by atoms with Gasteiger partial charge in [0.1, 0.15) is 18.2 Å². The first kappa shape index (κ1) is 14.4. The number of rotatable bonds is 5. The van der Waals surface area contributed by atoms with Crippen molar-refractivity contribution in [3.05, 3.63) is 52.7 Å². The standard InChI is InChI=1S/C17H22N2O/c1-5-18-17-7-6-15(10-19-17)11-20-16-9-12(2)8-13(3)14(16)4/h6-10H,5,11H2,1-4H3,(H,18,19). The lowest BCUT2D eigenvalue weighted by atomic mass is 10.1. The molecule has 2 rings (SSSR count). The molecule has 1 aromatic carbocycles. The highest BCUT2D eigenvalue weighted by Gasteiger charge is 2.04. The summed E-state index contributed by atoms with van der Waals surface area (Å²) in [5.41, 5.74) is 4.77. The van der Waals surface area contributed by atoms with Crippen LogP contribution < -0.4 is 10.1 Å². The van der Waals surface area contributed by atoms with Crippen molar-refractivity contribution >= 4 is 5.82 Å². The fraction of sp³-hybridized carbons (Fsp3) is 0.353. The zero-order chi connectivity index (χ0) is 14.5. The van der Waals surface area contributed by atoms with Crippen molar-refractivity contribution < 1.29 is 4.74 Å². The maximum Gasteiger partial charge on any atom is 0.125 e. The van der Waals surface area contributed by atoms with Crippen LogP contribution in [0.2, 0.25) is 0 Å². The van der Waals surface area contributed by atoms with E-state index in [4.69, 9.17) is 4.74 Å². The van der Waals surface area contributed by atoms with Gasteiger partial charge in [0, 0.05) is 18.3 Å². The van der Waals surface area contributed by atoms with Crippen LogP contribution in [0.4, 0.5) is 5.82 Å². The molecule has 0 radical (unpaired) electrons. The zero-order valence-corrected chi connectivity index (χ0v) is 12.7. The van der Waals surface area contributed by atoms with Crippen molar-refractivity contribution in [2.75, 3.05) is 11.9 Å². The Morgan fingerprint density at radius 1 is 1.15 bits per heavy atom. The second kappa shape index (κ2) is 6.42. The molecule has 3 heteroatoms. The Balaban J connectivity index is 2.05. The maximum atomic E-state index is 5.92. The lowest BCUT2D eigenvalue weighted by Crippen LogP contribution is -2.02. The smallest absolute Gasteiger partial charge is 0.125 e. The molecule has 106 valence electrons. The highest BCUT2D eigenvalue weighted by molar-refractivity contribution is 5.42. The van der Waals surface area contributed by atoms with E-state index in [9.17, 15) is 0 Å². The fourth-order valence-corrected chi connectivity index (χ4v) is 2.11. The molecule has 0 aliphatic carbocycles. The predicted molar refractivity (Wildman–Crippen MR) is 83.4 cm³/mol. The van der Waals surface area contributed by atoms with Crippen LogP contribution in [0.25, 0.3) is 0 Å². The Kier molecular flexibility index (Phi) is 4.61. The molecule has 0 unspecified atom stereocenters. The minimum atomic E-state index is 0.545. The lowest BCUT2D eigenvalue weighted by molar-refractivity contribution is 0.303. The van der Waals surface area contributed by atoms with E-state index in [-0.39, 0.29) is 0 Å². The van der Waals surface area contributed by atoms with Crippen LogP contribution >= 0.6 is 0 Å². The maximum absolute atomic E-state index is 5.92. The van der Waals surface area contributed by atoms with E-state index >= 15 is 0 Å². The molecule has 0 fully saturated rings. The predicted octanol–water partition coefficient (Wildman–Crippen LogP) is 4.02. The second-order valence-electron chi connectivity index (χ2n) is 5.08. The quantitative estimate of drug-likeness (QED) is 0.891. The first-order chi connectivity index (χ1) is 9.60. The third-order valence-corrected chi connectivity index (χ3v) is 3.34. The number of aryl methyl sites for hydroxylation is 2. The molecule has 0 saturated carbocycles. The van der Waals surface area contributed by atoms with Crippen molar-refractivity contribution in [2.45, 2.75) is 34.3 Å². The Bertz CT molecular complexity index is 576. The van der Waals surface area contributed by atoms with Gasteiger partial charge in [-0.15, -0.1) is 0 Å². The molecular formula is C17H22N2O. The number of anilines is 1. The molecule has 1 N–H and O–H groups in total.